The van der Waals surface area contributed by atoms with E-state index in [1.807, 2.05) is 11.0 Å². The maximum absolute atomic E-state index is 10.2. The highest BCUT2D eigenvalue weighted by atomic mass is 35.5. The first kappa shape index (κ1) is 18.3. The van der Waals surface area contributed by atoms with Crippen molar-refractivity contribution in [1.82, 2.24) is 4.90 Å². The highest BCUT2D eigenvalue weighted by Crippen LogP contribution is 2.34. The Kier molecular flexibility index (Phi) is 6.68. The van der Waals surface area contributed by atoms with Crippen molar-refractivity contribution in [2.75, 3.05) is 13.1 Å². The van der Waals surface area contributed by atoms with Crippen LogP contribution >= 0.6 is 11.6 Å². The zero-order chi connectivity index (χ0) is 16.8. The quantitative estimate of drug-likeness (QED) is 0.861. The van der Waals surface area contributed by atoms with Crippen molar-refractivity contribution >= 4 is 11.6 Å². The number of hydrogen-bond donors (Lipinski definition) is 1. The van der Waals surface area contributed by atoms with Crippen molar-refractivity contribution in [1.29, 1.82) is 10.5 Å². The first-order valence-electron chi connectivity index (χ1n) is 7.27. The smallest absolute Gasteiger partial charge is 0.138 e. The average molecular weight is 320 g/mol. The molecular weight excluding hydrogens is 298 g/mol. The molecule has 0 fully saturated rings. The molecule has 0 heterocycles. The van der Waals surface area contributed by atoms with Crippen LogP contribution in [0.5, 0.6) is 5.75 Å². The van der Waals surface area contributed by atoms with Gasteiger partial charge < -0.3 is 5.11 Å². The second-order valence-electron chi connectivity index (χ2n) is 6.31. The van der Waals surface area contributed by atoms with Crippen LogP contribution in [0.25, 0.3) is 0 Å². The van der Waals surface area contributed by atoms with E-state index in [1.54, 1.807) is 6.07 Å². The SMILES string of the molecule is CC(C)(C)c1cc(Cl)c(O)c(CN(CCC#N)CCC#N)c1. The molecule has 0 aliphatic rings. The number of hydrogen-bond acceptors (Lipinski definition) is 4. The minimum absolute atomic E-state index is 0.0732. The molecular formula is C17H22ClN3O. The molecule has 1 N–H and O–H groups in total. The van der Waals surface area contributed by atoms with E-state index in [1.165, 1.54) is 0 Å². The van der Waals surface area contributed by atoms with Crippen LogP contribution in [0.3, 0.4) is 0 Å². The lowest BCUT2D eigenvalue weighted by atomic mass is 9.86. The van der Waals surface area contributed by atoms with Gasteiger partial charge in [0.1, 0.15) is 5.75 Å². The number of phenolic OH excluding ortho intramolecular Hbond substituents is 1. The Balaban J connectivity index is 3.05. The lowest BCUT2D eigenvalue weighted by Crippen LogP contribution is -2.25. The fourth-order valence-electron chi connectivity index (χ4n) is 2.14. The Morgan fingerprint density at radius 2 is 1.68 bits per heavy atom. The molecule has 0 amide bonds. The first-order chi connectivity index (χ1) is 10.3. The van der Waals surface area contributed by atoms with Crippen LogP contribution in [0.15, 0.2) is 12.1 Å². The molecule has 0 saturated carbocycles. The van der Waals surface area contributed by atoms with Gasteiger partial charge in [-0.05, 0) is 17.0 Å². The number of halogens is 1. The monoisotopic (exact) mass is 319 g/mol. The maximum atomic E-state index is 10.2. The van der Waals surface area contributed by atoms with E-state index in [4.69, 9.17) is 22.1 Å². The number of nitriles is 2. The van der Waals surface area contributed by atoms with E-state index >= 15 is 0 Å². The van der Waals surface area contributed by atoms with Gasteiger partial charge in [0.05, 0.1) is 17.2 Å². The average Bonchev–Trinajstić information content (AvgIpc) is 2.45. The molecule has 0 saturated heterocycles. The van der Waals surface area contributed by atoms with Gasteiger partial charge in [-0.15, -0.1) is 0 Å². The Hall–Kier alpha value is -1.75. The van der Waals surface area contributed by atoms with Gasteiger partial charge in [0.2, 0.25) is 0 Å². The molecule has 0 radical (unpaired) electrons. The van der Waals surface area contributed by atoms with Crippen LogP contribution in [0, 0.1) is 22.7 Å². The Morgan fingerprint density at radius 3 is 2.14 bits per heavy atom. The first-order valence-corrected chi connectivity index (χ1v) is 7.65. The molecule has 118 valence electrons. The molecule has 0 aromatic heterocycles. The van der Waals surface area contributed by atoms with Gasteiger partial charge in [-0.2, -0.15) is 10.5 Å². The molecule has 1 rings (SSSR count). The number of benzene rings is 1. The van der Waals surface area contributed by atoms with E-state index in [-0.39, 0.29) is 11.2 Å². The van der Waals surface area contributed by atoms with Gasteiger partial charge >= 0.3 is 0 Å². The van der Waals surface area contributed by atoms with Crippen molar-refractivity contribution < 1.29 is 5.11 Å². The van der Waals surface area contributed by atoms with Gasteiger partial charge in [0.25, 0.3) is 0 Å². The van der Waals surface area contributed by atoms with E-state index in [9.17, 15) is 5.11 Å². The molecule has 1 aromatic rings. The fourth-order valence-corrected chi connectivity index (χ4v) is 2.38. The van der Waals surface area contributed by atoms with Gasteiger partial charge in [-0.3, -0.25) is 4.90 Å². The number of nitrogens with zero attached hydrogens (tertiary/aromatic N) is 3. The lowest BCUT2D eigenvalue weighted by Gasteiger charge is -2.24. The molecule has 4 nitrogen and oxygen atoms in total. The summed E-state index contributed by atoms with van der Waals surface area (Å²) in [7, 11) is 0. The van der Waals surface area contributed by atoms with Gasteiger partial charge in [0, 0.05) is 38.0 Å². The third-order valence-corrected chi connectivity index (χ3v) is 3.77. The normalized spacial score (nSPS) is 11.2. The second kappa shape index (κ2) is 8.03. The van der Waals surface area contributed by atoms with Crippen LogP contribution in [0.4, 0.5) is 0 Å². The summed E-state index contributed by atoms with van der Waals surface area (Å²) >= 11 is 6.14. The Morgan fingerprint density at radius 1 is 1.14 bits per heavy atom. The largest absolute Gasteiger partial charge is 0.506 e. The lowest BCUT2D eigenvalue weighted by molar-refractivity contribution is 0.273. The van der Waals surface area contributed by atoms with Crippen molar-refractivity contribution in [3.63, 3.8) is 0 Å². The van der Waals surface area contributed by atoms with Crippen molar-refractivity contribution in [3.05, 3.63) is 28.3 Å². The molecule has 22 heavy (non-hydrogen) atoms. The molecule has 0 spiro atoms. The van der Waals surface area contributed by atoms with E-state index in [0.29, 0.717) is 37.5 Å². The summed E-state index contributed by atoms with van der Waals surface area (Å²) in [5, 5.41) is 28.0. The van der Waals surface area contributed by atoms with Crippen LogP contribution in [-0.4, -0.2) is 23.1 Å². The summed E-state index contributed by atoms with van der Waals surface area (Å²) in [5.74, 6) is 0.0774. The van der Waals surface area contributed by atoms with E-state index in [2.05, 4.69) is 32.9 Å². The minimum Gasteiger partial charge on any atom is -0.506 e. The standard InChI is InChI=1S/C17H22ClN3O/c1-17(2,3)14-10-13(16(22)15(18)11-14)12-21(8-4-6-19)9-5-7-20/h10-11,22H,4-5,8-9,12H2,1-3H3. The highest BCUT2D eigenvalue weighted by molar-refractivity contribution is 6.32. The highest BCUT2D eigenvalue weighted by Gasteiger charge is 2.19. The van der Waals surface area contributed by atoms with Gasteiger partial charge in [0.15, 0.2) is 0 Å². The topological polar surface area (TPSA) is 71.0 Å². The van der Waals surface area contributed by atoms with E-state index in [0.717, 1.165) is 11.1 Å². The second-order valence-corrected chi connectivity index (χ2v) is 6.72. The predicted octanol–water partition coefficient (Wildman–Crippen LogP) is 3.97. The number of aromatic hydroxyl groups is 1. The maximum Gasteiger partial charge on any atom is 0.138 e. The molecule has 0 bridgehead atoms. The third kappa shape index (κ3) is 5.22. The molecule has 5 heteroatoms. The third-order valence-electron chi connectivity index (χ3n) is 3.48. The minimum atomic E-state index is -0.0732. The zero-order valence-corrected chi connectivity index (χ0v) is 14.1. The van der Waals surface area contributed by atoms with Crippen LogP contribution in [0.2, 0.25) is 5.02 Å². The summed E-state index contributed by atoms with van der Waals surface area (Å²) in [6.45, 7) is 7.86. The van der Waals surface area contributed by atoms with Crippen LogP contribution in [0.1, 0.15) is 44.7 Å². The van der Waals surface area contributed by atoms with Gasteiger partial charge in [-0.25, -0.2) is 0 Å². The Bertz CT molecular complexity index is 576. The summed E-state index contributed by atoms with van der Waals surface area (Å²) in [4.78, 5) is 1.99. The summed E-state index contributed by atoms with van der Waals surface area (Å²) in [6.07, 6.45) is 0.776. The molecule has 0 aliphatic heterocycles. The van der Waals surface area contributed by atoms with Crippen LogP contribution in [-0.2, 0) is 12.0 Å². The predicted molar refractivity (Wildman–Crippen MR) is 87.6 cm³/mol. The van der Waals surface area contributed by atoms with Crippen molar-refractivity contribution in [2.24, 2.45) is 0 Å². The fraction of sp³-hybridized carbons (Fsp3) is 0.529. The van der Waals surface area contributed by atoms with Crippen LogP contribution < -0.4 is 0 Å². The molecule has 0 atom stereocenters. The zero-order valence-electron chi connectivity index (χ0n) is 13.4. The molecule has 0 aliphatic carbocycles. The van der Waals surface area contributed by atoms with Crippen molar-refractivity contribution in [2.45, 2.75) is 45.6 Å². The molecule has 1 aromatic carbocycles. The summed E-state index contributed by atoms with van der Waals surface area (Å²) in [5.41, 5.74) is 1.70. The Labute approximate surface area is 137 Å². The van der Waals surface area contributed by atoms with Crippen molar-refractivity contribution in [3.8, 4) is 17.9 Å². The number of phenols is 1. The summed E-state index contributed by atoms with van der Waals surface area (Å²) < 4.78 is 0. The van der Waals surface area contributed by atoms with E-state index < -0.39 is 0 Å². The summed E-state index contributed by atoms with van der Waals surface area (Å²) in [6, 6.07) is 7.96. The number of rotatable bonds is 6. The van der Waals surface area contributed by atoms with Gasteiger partial charge in [-0.1, -0.05) is 38.4 Å². The molecule has 0 unspecified atom stereocenters.